The van der Waals surface area contributed by atoms with Crippen LogP contribution in [0.25, 0.3) is 0 Å². The summed E-state index contributed by atoms with van der Waals surface area (Å²) in [4.78, 5) is 10.6. The molecule has 0 saturated heterocycles. The van der Waals surface area contributed by atoms with Gasteiger partial charge in [-0.15, -0.1) is 0 Å². The molecule has 0 heterocycles. The van der Waals surface area contributed by atoms with Crippen molar-refractivity contribution >= 4 is 21.9 Å². The first-order chi connectivity index (χ1) is 9.58. The van der Waals surface area contributed by atoms with Gasteiger partial charge >= 0.3 is 5.97 Å². The van der Waals surface area contributed by atoms with E-state index >= 15 is 0 Å². The van der Waals surface area contributed by atoms with Crippen molar-refractivity contribution < 1.29 is 14.6 Å². The van der Waals surface area contributed by atoms with Gasteiger partial charge in [-0.05, 0) is 35.9 Å². The van der Waals surface area contributed by atoms with Crippen molar-refractivity contribution in [3.8, 4) is 17.6 Å². The Morgan fingerprint density at radius 1 is 1.25 bits per heavy atom. The van der Waals surface area contributed by atoms with Crippen LogP contribution in [-0.4, -0.2) is 11.1 Å². The molecule has 0 saturated carbocycles. The second-order valence-corrected chi connectivity index (χ2v) is 4.98. The van der Waals surface area contributed by atoms with Gasteiger partial charge in [0.05, 0.1) is 12.0 Å². The van der Waals surface area contributed by atoms with Crippen molar-refractivity contribution in [1.82, 2.24) is 0 Å². The standard InChI is InChI=1S/C15H10BrNO3/c16-12-4-3-11(9-17)14(8-12)20-13-5-1-10(2-6-13)7-15(18)19/h1-6,8H,7H2,(H,18,19). The van der Waals surface area contributed by atoms with Crippen LogP contribution < -0.4 is 4.74 Å². The number of carbonyl (C=O) groups is 1. The SMILES string of the molecule is N#Cc1ccc(Br)cc1Oc1ccc(CC(=O)O)cc1. The molecule has 0 bridgehead atoms. The minimum Gasteiger partial charge on any atom is -0.481 e. The van der Waals surface area contributed by atoms with Crippen LogP contribution in [-0.2, 0) is 11.2 Å². The number of nitriles is 1. The van der Waals surface area contributed by atoms with Gasteiger partial charge in [0.1, 0.15) is 17.6 Å². The zero-order valence-corrected chi connectivity index (χ0v) is 11.9. The molecule has 0 aliphatic rings. The molecule has 0 amide bonds. The molecule has 0 aliphatic carbocycles. The van der Waals surface area contributed by atoms with Gasteiger partial charge in [-0.25, -0.2) is 0 Å². The number of rotatable bonds is 4. The molecule has 0 aliphatic heterocycles. The van der Waals surface area contributed by atoms with E-state index in [9.17, 15) is 4.79 Å². The van der Waals surface area contributed by atoms with Crippen molar-refractivity contribution in [2.24, 2.45) is 0 Å². The van der Waals surface area contributed by atoms with Crippen LogP contribution in [0, 0.1) is 11.3 Å². The number of benzene rings is 2. The normalized spacial score (nSPS) is 9.80. The molecule has 0 unspecified atom stereocenters. The molecule has 2 aromatic carbocycles. The number of halogens is 1. The number of ether oxygens (including phenoxy) is 1. The minimum absolute atomic E-state index is 0.0272. The zero-order chi connectivity index (χ0) is 14.5. The number of nitrogens with zero attached hydrogens (tertiary/aromatic N) is 1. The van der Waals surface area contributed by atoms with E-state index in [0.717, 1.165) is 4.47 Å². The highest BCUT2D eigenvalue weighted by Gasteiger charge is 2.06. The number of aliphatic carboxylic acids is 1. The lowest BCUT2D eigenvalue weighted by molar-refractivity contribution is -0.136. The Morgan fingerprint density at radius 3 is 2.55 bits per heavy atom. The number of hydrogen-bond acceptors (Lipinski definition) is 3. The predicted octanol–water partition coefficient (Wildman–Crippen LogP) is 3.74. The van der Waals surface area contributed by atoms with Crippen LogP contribution >= 0.6 is 15.9 Å². The second kappa shape index (κ2) is 6.22. The molecule has 0 radical (unpaired) electrons. The van der Waals surface area contributed by atoms with Crippen LogP contribution in [0.15, 0.2) is 46.9 Å². The van der Waals surface area contributed by atoms with Crippen LogP contribution in [0.1, 0.15) is 11.1 Å². The lowest BCUT2D eigenvalue weighted by Gasteiger charge is -2.08. The summed E-state index contributed by atoms with van der Waals surface area (Å²) in [5.41, 5.74) is 1.13. The van der Waals surface area contributed by atoms with Gasteiger partial charge in [0, 0.05) is 4.47 Å². The number of hydrogen-bond donors (Lipinski definition) is 1. The Morgan fingerprint density at radius 2 is 1.95 bits per heavy atom. The van der Waals surface area contributed by atoms with Gasteiger partial charge in [-0.3, -0.25) is 4.79 Å². The molecule has 0 atom stereocenters. The predicted molar refractivity (Wildman–Crippen MR) is 76.7 cm³/mol. The molecule has 2 aromatic rings. The Bertz CT molecular complexity index is 675. The highest BCUT2D eigenvalue weighted by Crippen LogP contribution is 2.28. The fourth-order valence-corrected chi connectivity index (χ4v) is 1.99. The van der Waals surface area contributed by atoms with Crippen molar-refractivity contribution in [2.45, 2.75) is 6.42 Å². The van der Waals surface area contributed by atoms with Crippen molar-refractivity contribution in [1.29, 1.82) is 5.26 Å². The maximum atomic E-state index is 10.6. The zero-order valence-electron chi connectivity index (χ0n) is 10.3. The summed E-state index contributed by atoms with van der Waals surface area (Å²) in [6.07, 6.45) is -0.0272. The number of carboxylic acids is 1. The average molecular weight is 332 g/mol. The summed E-state index contributed by atoms with van der Waals surface area (Å²) in [6.45, 7) is 0. The van der Waals surface area contributed by atoms with Crippen LogP contribution in [0.2, 0.25) is 0 Å². The lowest BCUT2D eigenvalue weighted by atomic mass is 10.1. The molecule has 4 nitrogen and oxygen atoms in total. The van der Waals surface area contributed by atoms with E-state index in [1.807, 2.05) is 0 Å². The summed E-state index contributed by atoms with van der Waals surface area (Å²) >= 11 is 3.32. The van der Waals surface area contributed by atoms with Crippen molar-refractivity contribution in [2.75, 3.05) is 0 Å². The molecular weight excluding hydrogens is 322 g/mol. The minimum atomic E-state index is -0.877. The van der Waals surface area contributed by atoms with Gasteiger partial charge in [-0.1, -0.05) is 28.1 Å². The smallest absolute Gasteiger partial charge is 0.307 e. The lowest BCUT2D eigenvalue weighted by Crippen LogP contribution is -1.99. The quantitative estimate of drug-likeness (QED) is 0.926. The van der Waals surface area contributed by atoms with Gasteiger partial charge in [0.2, 0.25) is 0 Å². The van der Waals surface area contributed by atoms with Crippen LogP contribution in [0.4, 0.5) is 0 Å². The molecule has 0 fully saturated rings. The molecule has 0 aromatic heterocycles. The van der Waals surface area contributed by atoms with Gasteiger partial charge < -0.3 is 9.84 Å². The van der Waals surface area contributed by atoms with Crippen molar-refractivity contribution in [3.05, 3.63) is 58.1 Å². The summed E-state index contributed by atoms with van der Waals surface area (Å²) in [7, 11) is 0. The van der Waals surface area contributed by atoms with E-state index in [-0.39, 0.29) is 6.42 Å². The molecule has 5 heteroatoms. The molecule has 20 heavy (non-hydrogen) atoms. The summed E-state index contributed by atoms with van der Waals surface area (Å²) < 4.78 is 6.46. The summed E-state index contributed by atoms with van der Waals surface area (Å²) in [5, 5.41) is 17.7. The maximum Gasteiger partial charge on any atom is 0.307 e. The van der Waals surface area contributed by atoms with Crippen LogP contribution in [0.3, 0.4) is 0 Å². The Hall–Kier alpha value is -2.32. The summed E-state index contributed by atoms with van der Waals surface area (Å²) in [5.74, 6) is 0.124. The van der Waals surface area contributed by atoms with E-state index in [0.29, 0.717) is 22.6 Å². The Labute approximate surface area is 124 Å². The third-order valence-corrected chi connectivity index (χ3v) is 3.06. The second-order valence-electron chi connectivity index (χ2n) is 4.07. The maximum absolute atomic E-state index is 10.6. The third-order valence-electron chi connectivity index (χ3n) is 2.57. The first kappa shape index (κ1) is 14.1. The Balaban J connectivity index is 2.20. The summed E-state index contributed by atoms with van der Waals surface area (Å²) in [6, 6.07) is 13.9. The molecule has 100 valence electrons. The first-order valence-electron chi connectivity index (χ1n) is 5.77. The fourth-order valence-electron chi connectivity index (χ4n) is 1.65. The number of carboxylic acid groups (broad SMARTS) is 1. The van der Waals surface area contributed by atoms with Crippen LogP contribution in [0.5, 0.6) is 11.5 Å². The molecular formula is C15H10BrNO3. The van der Waals surface area contributed by atoms with Gasteiger partial charge in [0.25, 0.3) is 0 Å². The fraction of sp³-hybridized carbons (Fsp3) is 0.0667. The van der Waals surface area contributed by atoms with E-state index in [4.69, 9.17) is 15.1 Å². The average Bonchev–Trinajstić information content (AvgIpc) is 2.41. The largest absolute Gasteiger partial charge is 0.481 e. The van der Waals surface area contributed by atoms with E-state index in [1.165, 1.54) is 0 Å². The molecule has 0 spiro atoms. The van der Waals surface area contributed by atoms with Gasteiger partial charge in [0.15, 0.2) is 0 Å². The molecule has 2 rings (SSSR count). The topological polar surface area (TPSA) is 70.3 Å². The first-order valence-corrected chi connectivity index (χ1v) is 6.56. The highest BCUT2D eigenvalue weighted by atomic mass is 79.9. The monoisotopic (exact) mass is 331 g/mol. The van der Waals surface area contributed by atoms with Gasteiger partial charge in [-0.2, -0.15) is 5.26 Å². The molecule has 1 N–H and O–H groups in total. The van der Waals surface area contributed by atoms with E-state index in [2.05, 4.69) is 22.0 Å². The van der Waals surface area contributed by atoms with E-state index in [1.54, 1.807) is 42.5 Å². The third kappa shape index (κ3) is 3.59. The highest BCUT2D eigenvalue weighted by molar-refractivity contribution is 9.10. The Kier molecular flexibility index (Phi) is 4.38. The van der Waals surface area contributed by atoms with E-state index < -0.39 is 5.97 Å². The van der Waals surface area contributed by atoms with Crippen molar-refractivity contribution in [3.63, 3.8) is 0 Å².